The number of hydrogen-bond donors (Lipinski definition) is 2. The van der Waals surface area contributed by atoms with E-state index in [0.717, 1.165) is 25.7 Å². The van der Waals surface area contributed by atoms with E-state index in [0.29, 0.717) is 12.1 Å². The van der Waals surface area contributed by atoms with Crippen LogP contribution in [-0.2, 0) is 10.0 Å². The first kappa shape index (κ1) is 14.4. The van der Waals surface area contributed by atoms with E-state index in [9.17, 15) is 18.5 Å². The molecule has 0 aromatic heterocycles. The van der Waals surface area contributed by atoms with Crippen LogP contribution >= 0.6 is 0 Å². The maximum absolute atomic E-state index is 12.4. The van der Waals surface area contributed by atoms with Crippen LogP contribution in [0.1, 0.15) is 25.7 Å². The van der Waals surface area contributed by atoms with E-state index in [4.69, 9.17) is 0 Å². The summed E-state index contributed by atoms with van der Waals surface area (Å²) in [6.45, 7) is 0. The summed E-state index contributed by atoms with van der Waals surface area (Å²) in [5.74, 6) is 0. The fourth-order valence-electron chi connectivity index (χ4n) is 3.27. The van der Waals surface area contributed by atoms with Crippen molar-refractivity contribution >= 4 is 15.7 Å². The standard InChI is InChI=1S/C13H17N3O4S/c17-16(18)12-3-1-2-4-13(12)21(19,20)15-11-7-9-5-6-10(8-11)14-9/h1-4,9-11,14-15H,5-8H2. The third-order valence-electron chi connectivity index (χ3n) is 4.15. The van der Waals surface area contributed by atoms with Gasteiger partial charge >= 0.3 is 0 Å². The number of benzene rings is 1. The van der Waals surface area contributed by atoms with E-state index in [1.54, 1.807) is 0 Å². The molecule has 2 saturated heterocycles. The molecule has 2 aliphatic rings. The van der Waals surface area contributed by atoms with Gasteiger partial charge < -0.3 is 5.32 Å². The van der Waals surface area contributed by atoms with Crippen molar-refractivity contribution in [2.75, 3.05) is 0 Å². The molecule has 0 aliphatic carbocycles. The van der Waals surface area contributed by atoms with Crippen LogP contribution in [0.15, 0.2) is 29.2 Å². The maximum atomic E-state index is 12.4. The minimum Gasteiger partial charge on any atom is -0.311 e. The number of nitrogens with one attached hydrogen (secondary N) is 2. The predicted octanol–water partition coefficient (Wildman–Crippen LogP) is 1.16. The summed E-state index contributed by atoms with van der Waals surface area (Å²) in [7, 11) is -3.87. The van der Waals surface area contributed by atoms with E-state index >= 15 is 0 Å². The number of nitro benzene ring substituents is 1. The van der Waals surface area contributed by atoms with Crippen LogP contribution in [-0.4, -0.2) is 31.5 Å². The fourth-order valence-corrected chi connectivity index (χ4v) is 4.71. The zero-order chi connectivity index (χ0) is 15.0. The van der Waals surface area contributed by atoms with Crippen molar-refractivity contribution in [2.45, 2.75) is 48.7 Å². The topological polar surface area (TPSA) is 101 Å². The van der Waals surface area contributed by atoms with Crippen LogP contribution in [0.2, 0.25) is 0 Å². The molecule has 1 aromatic carbocycles. The minimum absolute atomic E-state index is 0.159. The third-order valence-corrected chi connectivity index (χ3v) is 5.71. The molecule has 3 rings (SSSR count). The average molecular weight is 311 g/mol. The Balaban J connectivity index is 1.83. The molecule has 21 heavy (non-hydrogen) atoms. The zero-order valence-electron chi connectivity index (χ0n) is 11.4. The van der Waals surface area contributed by atoms with Gasteiger partial charge in [-0.1, -0.05) is 12.1 Å². The first-order valence-corrected chi connectivity index (χ1v) is 8.46. The van der Waals surface area contributed by atoms with Crippen molar-refractivity contribution in [1.82, 2.24) is 10.0 Å². The lowest BCUT2D eigenvalue weighted by atomic mass is 10.0. The molecule has 2 N–H and O–H groups in total. The Morgan fingerprint density at radius 1 is 1.19 bits per heavy atom. The maximum Gasteiger partial charge on any atom is 0.289 e. The van der Waals surface area contributed by atoms with Crippen LogP contribution in [0.4, 0.5) is 5.69 Å². The first-order valence-electron chi connectivity index (χ1n) is 6.97. The summed E-state index contributed by atoms with van der Waals surface area (Å²) in [6.07, 6.45) is 3.59. The Labute approximate surface area is 122 Å². The van der Waals surface area contributed by atoms with Crippen molar-refractivity contribution in [2.24, 2.45) is 0 Å². The summed E-state index contributed by atoms with van der Waals surface area (Å²) >= 11 is 0. The average Bonchev–Trinajstić information content (AvgIpc) is 2.77. The Hall–Kier alpha value is -1.51. The van der Waals surface area contributed by atoms with E-state index < -0.39 is 14.9 Å². The van der Waals surface area contributed by atoms with Gasteiger partial charge in [0.05, 0.1) is 4.92 Å². The van der Waals surface area contributed by atoms with Crippen LogP contribution in [0.25, 0.3) is 0 Å². The highest BCUT2D eigenvalue weighted by molar-refractivity contribution is 7.89. The van der Waals surface area contributed by atoms with Crippen molar-refractivity contribution < 1.29 is 13.3 Å². The van der Waals surface area contributed by atoms with Gasteiger partial charge in [0.25, 0.3) is 5.69 Å². The Morgan fingerprint density at radius 2 is 1.81 bits per heavy atom. The number of rotatable bonds is 4. The van der Waals surface area contributed by atoms with Crippen LogP contribution < -0.4 is 10.0 Å². The van der Waals surface area contributed by atoms with Crippen molar-refractivity contribution in [3.63, 3.8) is 0 Å². The Morgan fingerprint density at radius 3 is 2.43 bits per heavy atom. The highest BCUT2D eigenvalue weighted by atomic mass is 32.2. The van der Waals surface area contributed by atoms with Gasteiger partial charge in [-0.2, -0.15) is 0 Å². The van der Waals surface area contributed by atoms with Crippen LogP contribution in [0, 0.1) is 10.1 Å². The molecule has 2 heterocycles. The predicted molar refractivity (Wildman–Crippen MR) is 76.4 cm³/mol. The second-order valence-corrected chi connectivity index (χ2v) is 7.33. The van der Waals surface area contributed by atoms with E-state index in [2.05, 4.69) is 10.0 Å². The molecular weight excluding hydrogens is 294 g/mol. The second-order valence-electron chi connectivity index (χ2n) is 5.65. The van der Waals surface area contributed by atoms with Gasteiger partial charge in [0.1, 0.15) is 0 Å². The fraction of sp³-hybridized carbons (Fsp3) is 0.538. The lowest BCUT2D eigenvalue weighted by Gasteiger charge is -2.29. The largest absolute Gasteiger partial charge is 0.311 e. The van der Waals surface area contributed by atoms with E-state index in [1.807, 2.05) is 0 Å². The van der Waals surface area contributed by atoms with Crippen LogP contribution in [0.3, 0.4) is 0 Å². The second kappa shape index (κ2) is 5.36. The summed E-state index contributed by atoms with van der Waals surface area (Å²) in [5, 5.41) is 14.4. The molecular formula is C13H17N3O4S. The molecule has 2 unspecified atom stereocenters. The molecule has 0 saturated carbocycles. The van der Waals surface area contributed by atoms with Crippen LogP contribution in [0.5, 0.6) is 0 Å². The number of para-hydroxylation sites is 1. The lowest BCUT2D eigenvalue weighted by molar-refractivity contribution is -0.387. The molecule has 8 heteroatoms. The first-order chi connectivity index (χ1) is 9.95. The highest BCUT2D eigenvalue weighted by Gasteiger charge is 2.36. The monoisotopic (exact) mass is 311 g/mol. The van der Waals surface area contributed by atoms with Gasteiger partial charge in [-0.05, 0) is 31.7 Å². The normalized spacial score (nSPS) is 28.5. The smallest absolute Gasteiger partial charge is 0.289 e. The molecule has 2 atom stereocenters. The van der Waals surface area contributed by atoms with Gasteiger partial charge in [-0.25, -0.2) is 13.1 Å². The molecule has 0 radical (unpaired) electrons. The Kier molecular flexibility index (Phi) is 3.68. The molecule has 0 spiro atoms. The van der Waals surface area contributed by atoms with Gasteiger partial charge in [0.15, 0.2) is 4.90 Å². The van der Waals surface area contributed by atoms with Crippen molar-refractivity contribution in [3.8, 4) is 0 Å². The third kappa shape index (κ3) is 2.92. The lowest BCUT2D eigenvalue weighted by Crippen LogP contribution is -2.47. The molecule has 0 amide bonds. The SMILES string of the molecule is O=[N+]([O-])c1ccccc1S(=O)(=O)NC1CC2CCC(C1)N2. The van der Waals surface area contributed by atoms with Gasteiger partial charge in [-0.15, -0.1) is 0 Å². The number of nitrogens with zero attached hydrogens (tertiary/aromatic N) is 1. The number of hydrogen-bond acceptors (Lipinski definition) is 5. The number of nitro groups is 1. The van der Waals surface area contributed by atoms with Crippen molar-refractivity contribution in [1.29, 1.82) is 0 Å². The minimum atomic E-state index is -3.87. The van der Waals surface area contributed by atoms with Gasteiger partial charge in [-0.3, -0.25) is 10.1 Å². The van der Waals surface area contributed by atoms with Crippen molar-refractivity contribution in [3.05, 3.63) is 34.4 Å². The van der Waals surface area contributed by atoms with E-state index in [1.165, 1.54) is 24.3 Å². The summed E-state index contributed by atoms with van der Waals surface area (Å²) in [5.41, 5.74) is -0.387. The molecule has 1 aromatic rings. The molecule has 7 nitrogen and oxygen atoms in total. The summed E-state index contributed by atoms with van der Waals surface area (Å²) in [6, 6.07) is 5.98. The molecule has 2 aliphatic heterocycles. The number of piperidine rings is 1. The quantitative estimate of drug-likeness (QED) is 0.642. The molecule has 2 fully saturated rings. The Bertz CT molecular complexity index is 649. The van der Waals surface area contributed by atoms with Gasteiger partial charge in [0.2, 0.25) is 10.0 Å². The number of fused-ring (bicyclic) bond motifs is 2. The summed E-state index contributed by atoms with van der Waals surface area (Å²) in [4.78, 5) is 10.0. The number of sulfonamides is 1. The molecule has 114 valence electrons. The highest BCUT2D eigenvalue weighted by Crippen LogP contribution is 2.29. The molecule has 2 bridgehead atoms. The van der Waals surface area contributed by atoms with E-state index in [-0.39, 0.29) is 16.6 Å². The summed E-state index contributed by atoms with van der Waals surface area (Å²) < 4.78 is 27.5. The zero-order valence-corrected chi connectivity index (χ0v) is 12.2. The van der Waals surface area contributed by atoms with Gasteiger partial charge in [0, 0.05) is 24.2 Å².